The van der Waals surface area contributed by atoms with Crippen LogP contribution in [0.3, 0.4) is 0 Å². The Labute approximate surface area is 244 Å². The fourth-order valence-corrected chi connectivity index (χ4v) is 5.56. The van der Waals surface area contributed by atoms with E-state index in [-0.39, 0.29) is 11.7 Å². The number of thioether (sulfide) groups is 1. The Bertz CT molecular complexity index is 1550. The van der Waals surface area contributed by atoms with Gasteiger partial charge in [0.2, 0.25) is 11.1 Å². The molecule has 2 N–H and O–H groups in total. The van der Waals surface area contributed by atoms with E-state index in [1.54, 1.807) is 16.8 Å². The van der Waals surface area contributed by atoms with Gasteiger partial charge >= 0.3 is 0 Å². The highest BCUT2D eigenvalue weighted by atomic mass is 32.2. The summed E-state index contributed by atoms with van der Waals surface area (Å²) in [5.41, 5.74) is 4.39. The van der Waals surface area contributed by atoms with Crippen LogP contribution in [0.4, 0.5) is 16.0 Å². The van der Waals surface area contributed by atoms with Gasteiger partial charge in [0.25, 0.3) is 5.91 Å². The van der Waals surface area contributed by atoms with Crippen molar-refractivity contribution in [3.8, 4) is 5.75 Å². The summed E-state index contributed by atoms with van der Waals surface area (Å²) in [6.07, 6.45) is 3.27. The third kappa shape index (κ3) is 6.62. The number of hydrogen-bond acceptors (Lipinski definition) is 6. The zero-order valence-electron chi connectivity index (χ0n) is 23.5. The number of fused-ring (bicyclic) bond motifs is 1. The highest BCUT2D eigenvalue weighted by Crippen LogP contribution is 2.38. The normalized spacial score (nSPS) is 14.4. The van der Waals surface area contributed by atoms with E-state index >= 15 is 0 Å². The molecule has 212 valence electrons. The lowest BCUT2D eigenvalue weighted by molar-refractivity contribution is -0.113. The van der Waals surface area contributed by atoms with Gasteiger partial charge in [0, 0.05) is 17.1 Å². The number of halogens is 1. The number of ether oxygens (including phenoxy) is 1. The molecule has 1 amide bonds. The first-order valence-electron chi connectivity index (χ1n) is 13.8. The zero-order chi connectivity index (χ0) is 28.8. The van der Waals surface area contributed by atoms with Crippen molar-refractivity contribution in [2.45, 2.75) is 57.0 Å². The number of para-hydroxylation sites is 1. The van der Waals surface area contributed by atoms with Crippen molar-refractivity contribution in [2.75, 3.05) is 17.2 Å². The molecule has 1 aliphatic heterocycles. The summed E-state index contributed by atoms with van der Waals surface area (Å²) in [6.45, 7) is 6.66. The van der Waals surface area contributed by atoms with Crippen molar-refractivity contribution in [1.82, 2.24) is 14.8 Å². The number of allylic oxidation sites excluding steroid dienone is 1. The maximum Gasteiger partial charge on any atom is 0.255 e. The molecule has 3 aromatic carbocycles. The molecule has 5 rings (SSSR count). The fraction of sp³-hybridized carbons (Fsp3) is 0.281. The summed E-state index contributed by atoms with van der Waals surface area (Å²) in [6, 6.07) is 21.6. The number of hydrogen-bond donors (Lipinski definition) is 2. The molecule has 2 heterocycles. The second-order valence-electron chi connectivity index (χ2n) is 10.0. The van der Waals surface area contributed by atoms with Crippen LogP contribution in [0.2, 0.25) is 0 Å². The van der Waals surface area contributed by atoms with Crippen LogP contribution in [0, 0.1) is 12.7 Å². The molecule has 1 unspecified atom stereocenters. The number of anilines is 2. The second-order valence-corrected chi connectivity index (χ2v) is 10.9. The molecule has 0 saturated heterocycles. The summed E-state index contributed by atoms with van der Waals surface area (Å²) < 4.78 is 21.9. The highest BCUT2D eigenvalue weighted by Gasteiger charge is 2.34. The van der Waals surface area contributed by atoms with Gasteiger partial charge in [-0.2, -0.15) is 4.98 Å². The maximum absolute atomic E-state index is 14.2. The number of carbonyl (C=O) groups is 1. The Morgan fingerprint density at radius 2 is 1.80 bits per heavy atom. The monoisotopic (exact) mass is 571 g/mol. The molecule has 1 aromatic heterocycles. The van der Waals surface area contributed by atoms with Crippen LogP contribution < -0.4 is 15.4 Å². The topological polar surface area (TPSA) is 81.1 Å². The Morgan fingerprint density at radius 3 is 2.56 bits per heavy atom. The number of aryl methyl sites for hydroxylation is 1. The van der Waals surface area contributed by atoms with Crippen LogP contribution in [-0.4, -0.2) is 27.3 Å². The van der Waals surface area contributed by atoms with Crippen molar-refractivity contribution in [1.29, 1.82) is 0 Å². The van der Waals surface area contributed by atoms with Crippen LogP contribution in [0.5, 0.6) is 5.75 Å². The highest BCUT2D eigenvalue weighted by molar-refractivity contribution is 7.98. The number of amides is 1. The van der Waals surface area contributed by atoms with Crippen molar-refractivity contribution >= 4 is 29.3 Å². The molecular weight excluding hydrogens is 537 g/mol. The minimum absolute atomic E-state index is 0.226. The fourth-order valence-electron chi connectivity index (χ4n) is 4.74. The molecule has 4 aromatic rings. The summed E-state index contributed by atoms with van der Waals surface area (Å²) in [7, 11) is 0. The van der Waals surface area contributed by atoms with E-state index in [0.29, 0.717) is 40.3 Å². The van der Waals surface area contributed by atoms with E-state index in [9.17, 15) is 9.18 Å². The summed E-state index contributed by atoms with van der Waals surface area (Å²) in [5.74, 6) is 1.21. The van der Waals surface area contributed by atoms with Gasteiger partial charge in [0.15, 0.2) is 0 Å². The predicted molar refractivity (Wildman–Crippen MR) is 162 cm³/mol. The van der Waals surface area contributed by atoms with Crippen LogP contribution in [0.1, 0.15) is 55.8 Å². The first-order chi connectivity index (χ1) is 19.9. The average molecular weight is 572 g/mol. The van der Waals surface area contributed by atoms with Crippen LogP contribution >= 0.6 is 11.8 Å². The molecule has 1 aliphatic rings. The van der Waals surface area contributed by atoms with Gasteiger partial charge in [-0.25, -0.2) is 9.07 Å². The Kier molecular flexibility index (Phi) is 9.04. The first-order valence-corrected chi connectivity index (χ1v) is 14.8. The molecular formula is C32H34FN5O2S. The molecule has 1 atom stereocenters. The van der Waals surface area contributed by atoms with Crippen LogP contribution in [0.25, 0.3) is 0 Å². The van der Waals surface area contributed by atoms with E-state index in [1.807, 2.05) is 68.4 Å². The lowest BCUT2D eigenvalue weighted by Gasteiger charge is -2.29. The SMILES string of the molecule is CCCCCOc1ccc(C2C(C(=O)Nc3ccccc3C)=C(C)Nc3nc(SCc4ccccc4F)nn32)cc1. The number of rotatable bonds is 11. The van der Waals surface area contributed by atoms with Crippen LogP contribution in [-0.2, 0) is 10.5 Å². The van der Waals surface area contributed by atoms with E-state index in [1.165, 1.54) is 17.8 Å². The van der Waals surface area contributed by atoms with Crippen molar-refractivity contribution in [2.24, 2.45) is 0 Å². The van der Waals surface area contributed by atoms with E-state index in [4.69, 9.17) is 9.84 Å². The number of aromatic nitrogens is 3. The number of unbranched alkanes of at least 4 members (excludes halogenated alkanes) is 2. The number of carbonyl (C=O) groups excluding carboxylic acids is 1. The van der Waals surface area contributed by atoms with Gasteiger partial charge in [-0.3, -0.25) is 4.79 Å². The second kappa shape index (κ2) is 13.0. The minimum atomic E-state index is -0.528. The number of nitrogens with one attached hydrogen (secondary N) is 2. The predicted octanol–water partition coefficient (Wildman–Crippen LogP) is 7.51. The molecule has 7 nitrogen and oxygen atoms in total. The van der Waals surface area contributed by atoms with Crippen molar-refractivity contribution in [3.05, 3.63) is 107 Å². The van der Waals surface area contributed by atoms with Crippen molar-refractivity contribution < 1.29 is 13.9 Å². The largest absolute Gasteiger partial charge is 0.494 e. The Hall–Kier alpha value is -4.11. The van der Waals surface area contributed by atoms with Gasteiger partial charge in [-0.05, 0) is 61.2 Å². The van der Waals surface area contributed by atoms with Gasteiger partial charge in [0.1, 0.15) is 17.6 Å². The molecule has 0 aliphatic carbocycles. The van der Waals surface area contributed by atoms with Gasteiger partial charge in [-0.1, -0.05) is 80.1 Å². The van der Waals surface area contributed by atoms with Gasteiger partial charge < -0.3 is 15.4 Å². The molecule has 0 radical (unpaired) electrons. The number of benzene rings is 3. The molecule has 41 heavy (non-hydrogen) atoms. The molecule has 0 fully saturated rings. The van der Waals surface area contributed by atoms with Gasteiger partial charge in [0.05, 0.1) is 12.2 Å². The Balaban J connectivity index is 1.45. The van der Waals surface area contributed by atoms with E-state index in [0.717, 1.165) is 41.8 Å². The zero-order valence-corrected chi connectivity index (χ0v) is 24.3. The molecule has 9 heteroatoms. The molecule has 0 bridgehead atoms. The summed E-state index contributed by atoms with van der Waals surface area (Å²) >= 11 is 1.35. The maximum atomic E-state index is 14.2. The average Bonchev–Trinajstić information content (AvgIpc) is 3.38. The molecule has 0 saturated carbocycles. The lowest BCUT2D eigenvalue weighted by atomic mass is 9.95. The summed E-state index contributed by atoms with van der Waals surface area (Å²) in [4.78, 5) is 18.5. The third-order valence-electron chi connectivity index (χ3n) is 7.00. The third-order valence-corrected chi connectivity index (χ3v) is 7.88. The van der Waals surface area contributed by atoms with Crippen molar-refractivity contribution in [3.63, 3.8) is 0 Å². The Morgan fingerprint density at radius 1 is 1.05 bits per heavy atom. The summed E-state index contributed by atoms with van der Waals surface area (Å²) in [5, 5.41) is 11.6. The van der Waals surface area contributed by atoms with Crippen LogP contribution in [0.15, 0.2) is 89.2 Å². The quantitative estimate of drug-likeness (QED) is 0.143. The van der Waals surface area contributed by atoms with Gasteiger partial charge in [-0.15, -0.1) is 5.10 Å². The first kappa shape index (κ1) is 28.4. The molecule has 0 spiro atoms. The van der Waals surface area contributed by atoms with E-state index in [2.05, 4.69) is 22.5 Å². The van der Waals surface area contributed by atoms with E-state index < -0.39 is 6.04 Å². The standard InChI is InChI=1S/C32H34FN5O2S/c1-4-5-10-19-40-25-17-15-23(16-18-25)29-28(30(39)35-27-14-9-6-11-21(27)2)22(3)34-31-36-32(37-38(29)31)41-20-24-12-7-8-13-26(24)33/h6-9,11-18,29H,4-5,10,19-20H2,1-3H3,(H,35,39)(H,34,36,37). The lowest BCUT2D eigenvalue weighted by Crippen LogP contribution is -2.31. The number of nitrogens with zero attached hydrogens (tertiary/aromatic N) is 3. The smallest absolute Gasteiger partial charge is 0.255 e. The minimum Gasteiger partial charge on any atom is -0.494 e.